The van der Waals surface area contributed by atoms with Crippen molar-refractivity contribution in [2.45, 2.75) is 18.8 Å². The molecule has 1 atom stereocenters. The predicted octanol–water partition coefficient (Wildman–Crippen LogP) is 3.70. The molecule has 0 spiro atoms. The van der Waals surface area contributed by atoms with Gasteiger partial charge in [-0.25, -0.2) is 9.97 Å². The van der Waals surface area contributed by atoms with Crippen molar-refractivity contribution in [2.24, 2.45) is 0 Å². The number of carbonyl (C=O) groups is 2. The summed E-state index contributed by atoms with van der Waals surface area (Å²) in [6.07, 6.45) is 2.68. The number of carbonyl (C=O) groups excluding carboxylic acids is 2. The number of anilines is 1. The highest BCUT2D eigenvalue weighted by molar-refractivity contribution is 7.10. The second kappa shape index (κ2) is 6.57. The van der Waals surface area contributed by atoms with E-state index in [4.69, 9.17) is 0 Å². The van der Waals surface area contributed by atoms with Crippen molar-refractivity contribution in [3.8, 4) is 0 Å². The van der Waals surface area contributed by atoms with E-state index in [1.54, 1.807) is 35.6 Å². The van der Waals surface area contributed by atoms with Gasteiger partial charge in [0.05, 0.1) is 11.3 Å². The van der Waals surface area contributed by atoms with Crippen LogP contribution in [0.2, 0.25) is 0 Å². The first-order chi connectivity index (χ1) is 12.2. The van der Waals surface area contributed by atoms with Crippen LogP contribution >= 0.6 is 11.3 Å². The third-order valence-electron chi connectivity index (χ3n) is 4.25. The Kier molecular flexibility index (Phi) is 4.11. The van der Waals surface area contributed by atoms with Crippen LogP contribution in [0.25, 0.3) is 0 Å². The minimum atomic E-state index is -0.266. The highest BCUT2D eigenvalue weighted by atomic mass is 32.1. The van der Waals surface area contributed by atoms with Gasteiger partial charge < -0.3 is 0 Å². The monoisotopic (exact) mass is 349 g/mol. The quantitative estimate of drug-likeness (QED) is 0.782. The van der Waals surface area contributed by atoms with E-state index in [0.717, 1.165) is 0 Å². The van der Waals surface area contributed by atoms with Crippen molar-refractivity contribution in [3.63, 3.8) is 0 Å². The van der Waals surface area contributed by atoms with Crippen LogP contribution in [0, 0.1) is 0 Å². The molecule has 2 aromatic heterocycles. The van der Waals surface area contributed by atoms with E-state index in [-0.39, 0.29) is 23.6 Å². The minimum Gasteiger partial charge on any atom is -0.294 e. The fourth-order valence-electron chi connectivity index (χ4n) is 2.99. The van der Waals surface area contributed by atoms with Gasteiger partial charge in [-0.15, -0.1) is 11.3 Å². The Morgan fingerprint density at radius 3 is 2.72 bits per heavy atom. The zero-order chi connectivity index (χ0) is 17.2. The lowest BCUT2D eigenvalue weighted by Gasteiger charge is -2.22. The minimum absolute atomic E-state index is 0.0561. The maximum absolute atomic E-state index is 12.4. The molecule has 4 rings (SSSR count). The van der Waals surface area contributed by atoms with Crippen molar-refractivity contribution in [3.05, 3.63) is 75.7 Å². The van der Waals surface area contributed by atoms with Gasteiger partial charge >= 0.3 is 0 Å². The van der Waals surface area contributed by atoms with Gasteiger partial charge in [-0.1, -0.05) is 24.3 Å². The predicted molar refractivity (Wildman–Crippen MR) is 96.1 cm³/mol. The molecule has 1 amide bonds. The van der Waals surface area contributed by atoms with E-state index in [9.17, 15) is 9.59 Å². The number of rotatable bonds is 3. The lowest BCUT2D eigenvalue weighted by molar-refractivity contribution is 0.0963. The standard InChI is InChI=1S/C19H15N3O2S/c23-16-10-13(17-7-4-8-25-17)9-15-14(16)11-20-19(21-15)22-18(24)12-5-2-1-3-6-12/h1-8,11,13H,9-10H2,(H,20,21,22,24)/t13-/m0/s1. The molecule has 1 aliphatic rings. The number of nitrogens with zero attached hydrogens (tertiary/aromatic N) is 2. The molecule has 5 nitrogen and oxygen atoms in total. The van der Waals surface area contributed by atoms with Gasteiger partial charge in [0.2, 0.25) is 5.95 Å². The summed E-state index contributed by atoms with van der Waals surface area (Å²) in [5, 5.41) is 4.72. The molecule has 1 N–H and O–H groups in total. The average Bonchev–Trinajstić information content (AvgIpc) is 3.17. The van der Waals surface area contributed by atoms with Crippen LogP contribution < -0.4 is 5.32 Å². The first-order valence-corrected chi connectivity index (χ1v) is 8.87. The maximum Gasteiger partial charge on any atom is 0.258 e. The lowest BCUT2D eigenvalue weighted by Crippen LogP contribution is -2.22. The summed E-state index contributed by atoms with van der Waals surface area (Å²) in [7, 11) is 0. The van der Waals surface area contributed by atoms with E-state index in [1.807, 2.05) is 23.6 Å². The van der Waals surface area contributed by atoms with Gasteiger partial charge in [0.1, 0.15) is 0 Å². The molecule has 25 heavy (non-hydrogen) atoms. The second-order valence-electron chi connectivity index (χ2n) is 5.92. The Morgan fingerprint density at radius 1 is 1.12 bits per heavy atom. The number of amides is 1. The van der Waals surface area contributed by atoms with E-state index in [1.165, 1.54) is 11.1 Å². The van der Waals surface area contributed by atoms with Crippen LogP contribution in [0.3, 0.4) is 0 Å². The highest BCUT2D eigenvalue weighted by Crippen LogP contribution is 2.34. The number of fused-ring (bicyclic) bond motifs is 1. The molecule has 2 heterocycles. The molecule has 0 aliphatic heterocycles. The molecule has 0 fully saturated rings. The molecular weight excluding hydrogens is 334 g/mol. The molecule has 1 aliphatic carbocycles. The van der Waals surface area contributed by atoms with Crippen LogP contribution in [0.5, 0.6) is 0 Å². The maximum atomic E-state index is 12.4. The van der Waals surface area contributed by atoms with E-state index >= 15 is 0 Å². The van der Waals surface area contributed by atoms with Crippen molar-refractivity contribution in [1.29, 1.82) is 0 Å². The number of thiophene rings is 1. The van der Waals surface area contributed by atoms with Crippen molar-refractivity contribution in [2.75, 3.05) is 5.32 Å². The van der Waals surface area contributed by atoms with Crippen LogP contribution in [-0.2, 0) is 6.42 Å². The largest absolute Gasteiger partial charge is 0.294 e. The van der Waals surface area contributed by atoms with Crippen LogP contribution in [0.1, 0.15) is 43.6 Å². The van der Waals surface area contributed by atoms with E-state index in [2.05, 4.69) is 15.3 Å². The third-order valence-corrected chi connectivity index (χ3v) is 5.28. The SMILES string of the molecule is O=C(Nc1ncc2c(n1)C[C@H](c1cccs1)CC2=O)c1ccccc1. The first kappa shape index (κ1) is 15.7. The Bertz CT molecular complexity index is 923. The van der Waals surface area contributed by atoms with E-state index in [0.29, 0.717) is 29.7 Å². The summed E-state index contributed by atoms with van der Waals surface area (Å²) >= 11 is 1.65. The summed E-state index contributed by atoms with van der Waals surface area (Å²) in [6.45, 7) is 0. The highest BCUT2D eigenvalue weighted by Gasteiger charge is 2.28. The van der Waals surface area contributed by atoms with Gasteiger partial charge in [-0.3, -0.25) is 14.9 Å². The number of nitrogens with one attached hydrogen (secondary N) is 1. The van der Waals surface area contributed by atoms with Crippen molar-refractivity contribution < 1.29 is 9.59 Å². The zero-order valence-electron chi connectivity index (χ0n) is 13.3. The van der Waals surface area contributed by atoms with Gasteiger partial charge in [-0.2, -0.15) is 0 Å². The number of hydrogen-bond acceptors (Lipinski definition) is 5. The van der Waals surface area contributed by atoms with Gasteiger partial charge in [0, 0.05) is 29.0 Å². The summed E-state index contributed by atoms with van der Waals surface area (Å²) in [4.78, 5) is 34.4. The van der Waals surface area contributed by atoms with Crippen LogP contribution in [-0.4, -0.2) is 21.7 Å². The van der Waals surface area contributed by atoms with Crippen LogP contribution in [0.15, 0.2) is 54.0 Å². The number of aromatic nitrogens is 2. The molecule has 3 aromatic rings. The molecule has 0 radical (unpaired) electrons. The van der Waals surface area contributed by atoms with Gasteiger partial charge in [0.15, 0.2) is 5.78 Å². The molecule has 0 saturated heterocycles. The third kappa shape index (κ3) is 3.21. The van der Waals surface area contributed by atoms with Crippen LogP contribution in [0.4, 0.5) is 5.95 Å². The Labute approximate surface area is 148 Å². The summed E-state index contributed by atoms with van der Waals surface area (Å²) < 4.78 is 0. The zero-order valence-corrected chi connectivity index (χ0v) is 14.1. The van der Waals surface area contributed by atoms with E-state index < -0.39 is 0 Å². The fourth-order valence-corrected chi connectivity index (χ4v) is 3.82. The number of Topliss-reactive ketones (excluding diaryl/α,β-unsaturated/α-hetero) is 1. The summed E-state index contributed by atoms with van der Waals surface area (Å²) in [5.41, 5.74) is 1.80. The molecule has 0 unspecified atom stereocenters. The normalized spacial score (nSPS) is 16.3. The number of hydrogen-bond donors (Lipinski definition) is 1. The average molecular weight is 349 g/mol. The Hall–Kier alpha value is -2.86. The smallest absolute Gasteiger partial charge is 0.258 e. The Morgan fingerprint density at radius 2 is 1.96 bits per heavy atom. The van der Waals surface area contributed by atoms with Crippen molar-refractivity contribution in [1.82, 2.24) is 9.97 Å². The Balaban J connectivity index is 1.58. The molecule has 1 aromatic carbocycles. The molecular formula is C19H15N3O2S. The first-order valence-electron chi connectivity index (χ1n) is 7.99. The molecule has 124 valence electrons. The molecule has 6 heteroatoms. The summed E-state index contributed by atoms with van der Waals surface area (Å²) in [6, 6.07) is 12.9. The lowest BCUT2D eigenvalue weighted by atomic mass is 9.86. The number of benzene rings is 1. The van der Waals surface area contributed by atoms with Gasteiger partial charge in [-0.05, 0) is 30.0 Å². The van der Waals surface area contributed by atoms with Gasteiger partial charge in [0.25, 0.3) is 5.91 Å². The number of ketones is 1. The second-order valence-corrected chi connectivity index (χ2v) is 6.90. The molecule has 0 saturated carbocycles. The fraction of sp³-hybridized carbons (Fsp3) is 0.158. The summed E-state index contributed by atoms with van der Waals surface area (Å²) in [5.74, 6) is 0.165. The topological polar surface area (TPSA) is 72.0 Å². The van der Waals surface area contributed by atoms with Crippen molar-refractivity contribution >= 4 is 29.0 Å². The molecule has 0 bridgehead atoms.